The minimum Gasteiger partial charge on any atom is -0.340 e. The molecule has 4 rings (SSSR count). The Morgan fingerprint density at radius 2 is 1.77 bits per heavy atom. The Labute approximate surface area is 178 Å². The van der Waals surface area contributed by atoms with Crippen LogP contribution in [0, 0.1) is 0 Å². The normalized spacial score (nSPS) is 10.8. The average molecular weight is 417 g/mol. The lowest BCUT2D eigenvalue weighted by Gasteiger charge is -2.08. The molecule has 0 unspecified atom stereocenters. The highest BCUT2D eigenvalue weighted by Gasteiger charge is 2.03. The molecule has 2 N–H and O–H groups in total. The van der Waals surface area contributed by atoms with Crippen molar-refractivity contribution in [3.63, 3.8) is 0 Å². The molecule has 0 saturated carbocycles. The number of halogens is 1. The van der Waals surface area contributed by atoms with Crippen LogP contribution in [0.5, 0.6) is 0 Å². The van der Waals surface area contributed by atoms with Gasteiger partial charge in [-0.15, -0.1) is 0 Å². The van der Waals surface area contributed by atoms with Crippen LogP contribution >= 0.6 is 11.6 Å². The Morgan fingerprint density at radius 3 is 2.50 bits per heavy atom. The highest BCUT2D eigenvalue weighted by molar-refractivity contribution is 6.30. The van der Waals surface area contributed by atoms with Gasteiger partial charge in [0.25, 0.3) is 0 Å². The molecule has 2 heterocycles. The van der Waals surface area contributed by atoms with Crippen molar-refractivity contribution in [1.29, 1.82) is 0 Å². The number of hydrogen-bond acceptors (Lipinski definition) is 5. The van der Waals surface area contributed by atoms with E-state index >= 15 is 0 Å². The van der Waals surface area contributed by atoms with Crippen molar-refractivity contribution < 1.29 is 4.79 Å². The predicted octanol–water partition coefficient (Wildman–Crippen LogP) is 4.71. The number of benzene rings is 2. The van der Waals surface area contributed by atoms with E-state index in [2.05, 4.69) is 25.7 Å². The van der Waals surface area contributed by atoms with Crippen LogP contribution in [-0.2, 0) is 4.79 Å². The van der Waals surface area contributed by atoms with E-state index in [0.29, 0.717) is 22.3 Å². The molecule has 0 aliphatic heterocycles. The molecule has 8 heteroatoms. The molecule has 0 aliphatic rings. The van der Waals surface area contributed by atoms with Crippen molar-refractivity contribution in [2.75, 3.05) is 10.6 Å². The van der Waals surface area contributed by atoms with Crippen LogP contribution in [-0.4, -0.2) is 25.7 Å². The van der Waals surface area contributed by atoms with Gasteiger partial charge in [0.2, 0.25) is 5.91 Å². The molecular weight excluding hydrogens is 400 g/mol. The van der Waals surface area contributed by atoms with Crippen molar-refractivity contribution in [3.8, 4) is 5.82 Å². The zero-order chi connectivity index (χ0) is 20.8. The van der Waals surface area contributed by atoms with E-state index in [4.69, 9.17) is 11.6 Å². The smallest absolute Gasteiger partial charge is 0.248 e. The van der Waals surface area contributed by atoms with Crippen LogP contribution in [0.1, 0.15) is 5.56 Å². The highest BCUT2D eigenvalue weighted by atomic mass is 35.5. The minimum absolute atomic E-state index is 0.217. The van der Waals surface area contributed by atoms with Gasteiger partial charge in [0.15, 0.2) is 5.82 Å². The zero-order valence-electron chi connectivity index (χ0n) is 15.7. The number of amides is 1. The fraction of sp³-hybridized carbons (Fsp3) is 0. The van der Waals surface area contributed by atoms with Gasteiger partial charge in [0.05, 0.1) is 0 Å². The Morgan fingerprint density at radius 1 is 1.00 bits per heavy atom. The molecule has 148 valence electrons. The maximum absolute atomic E-state index is 12.1. The highest BCUT2D eigenvalue weighted by Crippen LogP contribution is 2.18. The first kappa shape index (κ1) is 19.4. The van der Waals surface area contributed by atoms with Gasteiger partial charge in [-0.3, -0.25) is 4.79 Å². The lowest BCUT2D eigenvalue weighted by Crippen LogP contribution is -2.07. The number of anilines is 3. The first-order valence-corrected chi connectivity index (χ1v) is 9.47. The van der Waals surface area contributed by atoms with E-state index in [1.807, 2.05) is 48.7 Å². The molecule has 0 radical (unpaired) electrons. The maximum Gasteiger partial charge on any atom is 0.248 e. The lowest BCUT2D eigenvalue weighted by atomic mass is 10.2. The summed E-state index contributed by atoms with van der Waals surface area (Å²) in [5.41, 5.74) is 2.41. The minimum atomic E-state index is -0.217. The second-order valence-corrected chi connectivity index (χ2v) is 6.72. The molecule has 1 amide bonds. The van der Waals surface area contributed by atoms with Gasteiger partial charge in [-0.1, -0.05) is 23.7 Å². The molecule has 0 spiro atoms. The molecule has 0 bridgehead atoms. The first-order chi connectivity index (χ1) is 14.7. The molecule has 0 aliphatic carbocycles. The van der Waals surface area contributed by atoms with Crippen LogP contribution in [0.4, 0.5) is 17.2 Å². The standard InChI is InChI=1S/C22H17ClN6O/c23-17-5-2-16(3-6-17)4-11-22(30)28-19-9-7-18(8-10-19)27-20-14-21(25-15-24-20)29-13-1-12-26-29/h1-15H,(H,28,30)(H,24,25,27)/b11-4+. The van der Waals surface area contributed by atoms with Gasteiger partial charge in [-0.05, 0) is 54.1 Å². The molecule has 7 nitrogen and oxygen atoms in total. The summed E-state index contributed by atoms with van der Waals surface area (Å²) in [6.07, 6.45) is 8.18. The molecule has 0 fully saturated rings. The second kappa shape index (κ2) is 9.02. The second-order valence-electron chi connectivity index (χ2n) is 6.29. The van der Waals surface area contributed by atoms with Crippen molar-refractivity contribution in [3.05, 3.63) is 96.0 Å². The SMILES string of the molecule is O=C(/C=C/c1ccc(Cl)cc1)Nc1ccc(Nc2cc(-n3cccn3)ncn2)cc1. The van der Waals surface area contributed by atoms with Crippen LogP contribution in [0.2, 0.25) is 5.02 Å². The zero-order valence-corrected chi connectivity index (χ0v) is 16.5. The summed E-state index contributed by atoms with van der Waals surface area (Å²) < 4.78 is 1.66. The third kappa shape index (κ3) is 5.09. The van der Waals surface area contributed by atoms with Crippen molar-refractivity contribution in [2.45, 2.75) is 0 Å². The lowest BCUT2D eigenvalue weighted by molar-refractivity contribution is -0.111. The fourth-order valence-corrected chi connectivity index (χ4v) is 2.79. The Balaban J connectivity index is 1.36. The molecule has 4 aromatic rings. The molecule has 2 aromatic carbocycles. The third-order valence-corrected chi connectivity index (χ3v) is 4.37. The number of nitrogens with zero attached hydrogens (tertiary/aromatic N) is 4. The van der Waals surface area contributed by atoms with Crippen LogP contribution < -0.4 is 10.6 Å². The molecule has 30 heavy (non-hydrogen) atoms. The Hall–Kier alpha value is -3.97. The number of hydrogen-bond donors (Lipinski definition) is 2. The maximum atomic E-state index is 12.1. The number of aromatic nitrogens is 4. The van der Waals surface area contributed by atoms with Gasteiger partial charge in [-0.2, -0.15) is 5.10 Å². The Kier molecular flexibility index (Phi) is 5.82. The van der Waals surface area contributed by atoms with E-state index in [9.17, 15) is 4.79 Å². The summed E-state index contributed by atoms with van der Waals surface area (Å²) in [6, 6.07) is 18.2. The van der Waals surface area contributed by atoms with Crippen molar-refractivity contribution >= 4 is 40.8 Å². The van der Waals surface area contributed by atoms with Crippen molar-refractivity contribution in [2.24, 2.45) is 0 Å². The number of rotatable bonds is 6. The van der Waals surface area contributed by atoms with Crippen LogP contribution in [0.25, 0.3) is 11.9 Å². The molecule has 2 aromatic heterocycles. The van der Waals surface area contributed by atoms with E-state index in [-0.39, 0.29) is 5.91 Å². The van der Waals surface area contributed by atoms with Gasteiger partial charge in [0.1, 0.15) is 12.1 Å². The summed E-state index contributed by atoms with van der Waals surface area (Å²) in [5.74, 6) is 1.08. The number of carbonyl (C=O) groups is 1. The van der Waals surface area contributed by atoms with Crippen molar-refractivity contribution in [1.82, 2.24) is 19.7 Å². The van der Waals surface area contributed by atoms with Gasteiger partial charge in [-0.25, -0.2) is 14.6 Å². The third-order valence-electron chi connectivity index (χ3n) is 4.11. The Bertz CT molecular complexity index is 1160. The van der Waals surface area contributed by atoms with Crippen LogP contribution in [0.15, 0.2) is 85.5 Å². The summed E-state index contributed by atoms with van der Waals surface area (Å²) in [6.45, 7) is 0. The topological polar surface area (TPSA) is 84.7 Å². The summed E-state index contributed by atoms with van der Waals surface area (Å²) in [4.78, 5) is 20.5. The summed E-state index contributed by atoms with van der Waals surface area (Å²) in [5, 5.41) is 10.9. The van der Waals surface area contributed by atoms with E-state index in [1.54, 1.807) is 35.2 Å². The largest absolute Gasteiger partial charge is 0.340 e. The van der Waals surface area contributed by atoms with Crippen LogP contribution in [0.3, 0.4) is 0 Å². The fourth-order valence-electron chi connectivity index (χ4n) is 2.66. The van der Waals surface area contributed by atoms with E-state index < -0.39 is 0 Å². The number of carbonyl (C=O) groups excluding carboxylic acids is 1. The summed E-state index contributed by atoms with van der Waals surface area (Å²) in [7, 11) is 0. The predicted molar refractivity (Wildman–Crippen MR) is 118 cm³/mol. The number of nitrogens with one attached hydrogen (secondary N) is 2. The van der Waals surface area contributed by atoms with Gasteiger partial charge < -0.3 is 10.6 Å². The molecule has 0 atom stereocenters. The average Bonchev–Trinajstić information content (AvgIpc) is 3.30. The van der Waals surface area contributed by atoms with Gasteiger partial charge in [0, 0.05) is 40.9 Å². The van der Waals surface area contributed by atoms with E-state index in [0.717, 1.165) is 11.3 Å². The van der Waals surface area contributed by atoms with Gasteiger partial charge >= 0.3 is 0 Å². The summed E-state index contributed by atoms with van der Waals surface area (Å²) >= 11 is 5.86. The first-order valence-electron chi connectivity index (χ1n) is 9.09. The van der Waals surface area contributed by atoms with E-state index in [1.165, 1.54) is 12.4 Å². The monoisotopic (exact) mass is 416 g/mol. The molecular formula is C22H17ClN6O. The quantitative estimate of drug-likeness (QED) is 0.444. The molecule has 0 saturated heterocycles.